The van der Waals surface area contributed by atoms with Gasteiger partial charge in [-0.25, -0.2) is 0 Å². The molecular formula is C36H28ClNO4. The fourth-order valence-electron chi connectivity index (χ4n) is 7.20. The maximum Gasteiger partial charge on any atom is 0.185 e. The molecule has 7 rings (SSSR count). The fourth-order valence-corrected chi connectivity index (χ4v) is 7.38. The first-order valence-corrected chi connectivity index (χ1v) is 14.5. The lowest BCUT2D eigenvalue weighted by Gasteiger charge is -2.37. The molecule has 6 heteroatoms. The Balaban J connectivity index is 1.56. The Morgan fingerprint density at radius 1 is 0.905 bits per heavy atom. The summed E-state index contributed by atoms with van der Waals surface area (Å²) in [6, 6.07) is 25.8. The molecule has 1 spiro atoms. The smallest absolute Gasteiger partial charge is 0.185 e. The number of fused-ring (bicyclic) bond motifs is 5. The van der Waals surface area contributed by atoms with Gasteiger partial charge in [-0.2, -0.15) is 0 Å². The van der Waals surface area contributed by atoms with Crippen LogP contribution >= 0.6 is 11.6 Å². The van der Waals surface area contributed by atoms with Gasteiger partial charge in [0, 0.05) is 38.9 Å². The summed E-state index contributed by atoms with van der Waals surface area (Å²) in [6.45, 7) is 4.26. The number of halogens is 1. The Bertz CT molecular complexity index is 1770. The summed E-state index contributed by atoms with van der Waals surface area (Å²) in [6.07, 6.45) is 3.82. The minimum atomic E-state index is -1.59. The number of nitrogens with zero attached hydrogens (tertiary/aromatic N) is 1. The zero-order valence-corrected chi connectivity index (χ0v) is 24.0. The summed E-state index contributed by atoms with van der Waals surface area (Å²) in [4.78, 5) is 46.4. The van der Waals surface area contributed by atoms with Crippen LogP contribution in [0.25, 0.3) is 6.08 Å². The van der Waals surface area contributed by atoms with Crippen LogP contribution in [0.4, 0.5) is 5.69 Å². The average Bonchev–Trinajstić information content (AvgIpc) is 3.43. The number of ether oxygens (including phenoxy) is 1. The third-order valence-electron chi connectivity index (χ3n) is 8.92. The number of carbonyl (C=O) groups is 3. The van der Waals surface area contributed by atoms with Gasteiger partial charge in [0.15, 0.2) is 17.3 Å². The van der Waals surface area contributed by atoms with Crippen LogP contribution in [-0.2, 0) is 0 Å². The van der Waals surface area contributed by atoms with Crippen molar-refractivity contribution in [2.24, 2.45) is 5.41 Å². The normalized spacial score (nSPS) is 21.3. The van der Waals surface area contributed by atoms with E-state index in [2.05, 4.69) is 0 Å². The van der Waals surface area contributed by atoms with Crippen molar-refractivity contribution in [3.8, 4) is 5.75 Å². The van der Waals surface area contributed by atoms with Gasteiger partial charge < -0.3 is 9.64 Å². The Morgan fingerprint density at radius 2 is 1.57 bits per heavy atom. The lowest BCUT2D eigenvalue weighted by Crippen LogP contribution is -2.48. The van der Waals surface area contributed by atoms with Crippen LogP contribution in [0.3, 0.4) is 0 Å². The molecule has 4 aromatic rings. The van der Waals surface area contributed by atoms with Crippen molar-refractivity contribution in [1.82, 2.24) is 0 Å². The topological polar surface area (TPSA) is 63.7 Å². The predicted octanol–water partition coefficient (Wildman–Crippen LogP) is 7.36. The first-order chi connectivity index (χ1) is 20.4. The fraction of sp³-hybridized carbons (Fsp3) is 0.194. The lowest BCUT2D eigenvalue weighted by atomic mass is 9.64. The van der Waals surface area contributed by atoms with Crippen LogP contribution in [0.1, 0.15) is 60.6 Å². The van der Waals surface area contributed by atoms with Gasteiger partial charge in [-0.1, -0.05) is 96.0 Å². The summed E-state index contributed by atoms with van der Waals surface area (Å²) >= 11 is 6.39. The summed E-state index contributed by atoms with van der Waals surface area (Å²) in [7, 11) is 0. The number of ketones is 3. The van der Waals surface area contributed by atoms with Gasteiger partial charge in [0.25, 0.3) is 0 Å². The molecule has 0 unspecified atom stereocenters. The molecule has 1 aliphatic carbocycles. The molecule has 0 N–H and O–H groups in total. The maximum absolute atomic E-state index is 14.8. The van der Waals surface area contributed by atoms with E-state index in [-0.39, 0.29) is 17.3 Å². The van der Waals surface area contributed by atoms with Crippen molar-refractivity contribution in [3.63, 3.8) is 0 Å². The average molecular weight is 574 g/mol. The molecular weight excluding hydrogens is 546 g/mol. The standard InChI is InChI=1S/C36H28ClNO4/c1-3-42-29-11-7-6-10-27(29)31-32(33(39)22-14-12-21(2)13-15-22)38-28-18-17-24(37)20-23(28)16-19-30(38)36(31)34(40)25-8-4-5-9-26(25)35(36)41/h4-20,30-32H,3H2,1-2H3/t30-,31-,32-/m1/s1. The maximum atomic E-state index is 14.8. The Labute approximate surface area is 249 Å². The first kappa shape index (κ1) is 26.4. The highest BCUT2D eigenvalue weighted by molar-refractivity contribution is 6.33. The second-order valence-corrected chi connectivity index (χ2v) is 11.5. The molecule has 4 aromatic carbocycles. The van der Waals surface area contributed by atoms with Crippen LogP contribution < -0.4 is 9.64 Å². The number of aryl methyl sites for hydroxylation is 1. The molecule has 2 heterocycles. The molecule has 0 saturated carbocycles. The lowest BCUT2D eigenvalue weighted by molar-refractivity contribution is 0.0664. The van der Waals surface area contributed by atoms with Gasteiger partial charge in [0.2, 0.25) is 0 Å². The van der Waals surface area contributed by atoms with Gasteiger partial charge >= 0.3 is 0 Å². The molecule has 0 amide bonds. The van der Waals surface area contributed by atoms with E-state index in [0.29, 0.717) is 39.6 Å². The molecule has 0 radical (unpaired) electrons. The van der Waals surface area contributed by atoms with E-state index >= 15 is 0 Å². The van der Waals surface area contributed by atoms with E-state index in [9.17, 15) is 14.4 Å². The van der Waals surface area contributed by atoms with Crippen LogP contribution in [0.15, 0.2) is 97.1 Å². The molecule has 42 heavy (non-hydrogen) atoms. The third kappa shape index (κ3) is 3.59. The highest BCUT2D eigenvalue weighted by Crippen LogP contribution is 2.62. The minimum Gasteiger partial charge on any atom is -0.494 e. The van der Waals surface area contributed by atoms with E-state index in [0.717, 1.165) is 16.8 Å². The number of rotatable bonds is 5. The molecule has 5 nitrogen and oxygen atoms in total. The summed E-state index contributed by atoms with van der Waals surface area (Å²) < 4.78 is 6.10. The summed E-state index contributed by atoms with van der Waals surface area (Å²) in [5, 5.41) is 0.561. The molecule has 208 valence electrons. The van der Waals surface area contributed by atoms with Crippen molar-refractivity contribution in [3.05, 3.63) is 135 Å². The van der Waals surface area contributed by atoms with Gasteiger partial charge in [-0.05, 0) is 43.7 Å². The Kier molecular flexibility index (Phi) is 6.17. The molecule has 1 fully saturated rings. The van der Waals surface area contributed by atoms with E-state index in [1.165, 1.54) is 0 Å². The molecule has 3 atom stereocenters. The van der Waals surface area contributed by atoms with E-state index in [1.807, 2.05) is 91.6 Å². The molecule has 2 aliphatic heterocycles. The van der Waals surface area contributed by atoms with Gasteiger partial charge in [0.05, 0.1) is 12.6 Å². The van der Waals surface area contributed by atoms with Crippen molar-refractivity contribution < 1.29 is 19.1 Å². The molecule has 0 bridgehead atoms. The Morgan fingerprint density at radius 3 is 2.26 bits per heavy atom. The quantitative estimate of drug-likeness (QED) is 0.184. The largest absolute Gasteiger partial charge is 0.494 e. The number of hydrogen-bond donors (Lipinski definition) is 0. The summed E-state index contributed by atoms with van der Waals surface area (Å²) in [5.41, 5.74) is 2.98. The van der Waals surface area contributed by atoms with Gasteiger partial charge in [-0.15, -0.1) is 0 Å². The van der Waals surface area contributed by atoms with Crippen LogP contribution in [0, 0.1) is 12.3 Å². The van der Waals surface area contributed by atoms with Crippen molar-refractivity contribution in [2.45, 2.75) is 31.8 Å². The number of anilines is 1. The molecule has 1 saturated heterocycles. The van der Waals surface area contributed by atoms with Crippen molar-refractivity contribution in [1.29, 1.82) is 0 Å². The monoisotopic (exact) mass is 573 g/mol. The second-order valence-electron chi connectivity index (χ2n) is 11.1. The van der Waals surface area contributed by atoms with Crippen molar-refractivity contribution in [2.75, 3.05) is 11.5 Å². The molecule has 0 aromatic heterocycles. The third-order valence-corrected chi connectivity index (χ3v) is 9.16. The highest BCUT2D eigenvalue weighted by Gasteiger charge is 2.71. The molecule has 3 aliphatic rings. The van der Waals surface area contributed by atoms with Gasteiger partial charge in [0.1, 0.15) is 17.2 Å². The van der Waals surface area contributed by atoms with E-state index < -0.39 is 23.4 Å². The Hall–Kier alpha value is -4.48. The summed E-state index contributed by atoms with van der Waals surface area (Å²) in [5.74, 6) is -0.979. The van der Waals surface area contributed by atoms with Crippen LogP contribution in [0.2, 0.25) is 5.02 Å². The number of Topliss-reactive ketones (excluding diaryl/α,β-unsaturated/α-hetero) is 3. The number of benzene rings is 4. The zero-order chi connectivity index (χ0) is 29.2. The SMILES string of the molecule is CCOc1ccccc1[C@@H]1[C@H](C(=O)c2ccc(C)cc2)N2c3ccc(Cl)cc3C=C[C@@H]2C12C(=O)c1ccccc1C2=O. The van der Waals surface area contributed by atoms with Crippen LogP contribution in [-0.4, -0.2) is 36.0 Å². The zero-order valence-electron chi connectivity index (χ0n) is 23.2. The number of hydrogen-bond acceptors (Lipinski definition) is 5. The second kappa shape index (κ2) is 9.81. The number of carbonyl (C=O) groups excluding carboxylic acids is 3. The van der Waals surface area contributed by atoms with E-state index in [1.54, 1.807) is 30.3 Å². The highest BCUT2D eigenvalue weighted by atomic mass is 35.5. The van der Waals surface area contributed by atoms with Gasteiger partial charge in [-0.3, -0.25) is 14.4 Å². The number of para-hydroxylation sites is 1. The predicted molar refractivity (Wildman–Crippen MR) is 164 cm³/mol. The van der Waals surface area contributed by atoms with E-state index in [4.69, 9.17) is 16.3 Å². The van der Waals surface area contributed by atoms with Crippen molar-refractivity contribution >= 4 is 40.7 Å². The first-order valence-electron chi connectivity index (χ1n) is 14.1. The van der Waals surface area contributed by atoms with Crippen LogP contribution in [0.5, 0.6) is 5.75 Å². The minimum absolute atomic E-state index is 0.166.